The number of hydrogen-bond donors (Lipinski definition) is 2. The van der Waals surface area contributed by atoms with E-state index in [1.807, 2.05) is 16.5 Å². The molecule has 1 atom stereocenters. The van der Waals surface area contributed by atoms with Crippen molar-refractivity contribution in [1.82, 2.24) is 35.2 Å². The van der Waals surface area contributed by atoms with Crippen LogP contribution in [0.2, 0.25) is 0 Å². The quantitative estimate of drug-likeness (QED) is 0.854. The first-order chi connectivity index (χ1) is 11.2. The Kier molecular flexibility index (Phi) is 3.60. The highest BCUT2D eigenvalue weighted by Crippen LogP contribution is 2.25. The number of aromatic amines is 1. The van der Waals surface area contributed by atoms with E-state index in [-0.39, 0.29) is 11.9 Å². The summed E-state index contributed by atoms with van der Waals surface area (Å²) in [6.07, 6.45) is 5.06. The molecule has 4 heterocycles. The monoisotopic (exact) mass is 315 g/mol. The molecule has 2 aromatic rings. The molecule has 1 saturated heterocycles. The summed E-state index contributed by atoms with van der Waals surface area (Å²) in [5, 5.41) is 14.9. The van der Waals surface area contributed by atoms with Gasteiger partial charge in [-0.3, -0.25) is 9.89 Å². The van der Waals surface area contributed by atoms with Crippen LogP contribution < -0.4 is 5.32 Å². The molecule has 2 aliphatic rings. The Bertz CT molecular complexity index is 713. The molecule has 0 aromatic carbocycles. The van der Waals surface area contributed by atoms with Crippen molar-refractivity contribution in [2.24, 2.45) is 0 Å². The minimum absolute atomic E-state index is 0.0213. The molecule has 2 aliphatic heterocycles. The molecule has 4 rings (SSSR count). The smallest absolute Gasteiger partial charge is 0.257 e. The van der Waals surface area contributed by atoms with Crippen molar-refractivity contribution in [3.63, 3.8) is 0 Å². The predicted molar refractivity (Wildman–Crippen MR) is 82.7 cm³/mol. The summed E-state index contributed by atoms with van der Waals surface area (Å²) >= 11 is 0. The molecule has 0 saturated carbocycles. The minimum Gasteiger partial charge on any atom is -0.329 e. The van der Waals surface area contributed by atoms with Crippen molar-refractivity contribution >= 4 is 5.91 Å². The largest absolute Gasteiger partial charge is 0.329 e. The Labute approximate surface area is 134 Å². The van der Waals surface area contributed by atoms with Crippen molar-refractivity contribution in [2.45, 2.75) is 45.3 Å². The molecule has 2 aromatic heterocycles. The highest BCUT2D eigenvalue weighted by molar-refractivity contribution is 5.95. The molecule has 2 N–H and O–H groups in total. The Morgan fingerprint density at radius 1 is 1.35 bits per heavy atom. The van der Waals surface area contributed by atoms with Gasteiger partial charge >= 0.3 is 0 Å². The normalized spacial score (nSPS) is 21.3. The summed E-state index contributed by atoms with van der Waals surface area (Å²) in [6, 6.07) is 0.195. The standard InChI is InChI=1S/C15H21N7O/c1-10-18-13-9-21(6-7-22(13)20-10)15(23)11-8-17-19-14(11)12-4-2-3-5-16-12/h8,12,16H,2-7,9H2,1H3,(H,17,19). The van der Waals surface area contributed by atoms with E-state index < -0.39 is 0 Å². The van der Waals surface area contributed by atoms with E-state index in [1.54, 1.807) is 6.20 Å². The molecule has 1 fully saturated rings. The van der Waals surface area contributed by atoms with Crippen molar-refractivity contribution in [3.8, 4) is 0 Å². The summed E-state index contributed by atoms with van der Waals surface area (Å²) < 4.78 is 1.89. The Hall–Kier alpha value is -2.22. The molecule has 0 radical (unpaired) electrons. The van der Waals surface area contributed by atoms with Crippen LogP contribution >= 0.6 is 0 Å². The van der Waals surface area contributed by atoms with E-state index in [0.29, 0.717) is 25.2 Å². The topological polar surface area (TPSA) is 91.7 Å². The second-order valence-electron chi connectivity index (χ2n) is 6.22. The highest BCUT2D eigenvalue weighted by atomic mass is 16.2. The number of fused-ring (bicyclic) bond motifs is 1. The van der Waals surface area contributed by atoms with Crippen molar-refractivity contribution in [2.75, 3.05) is 13.1 Å². The Morgan fingerprint density at radius 2 is 2.26 bits per heavy atom. The maximum Gasteiger partial charge on any atom is 0.257 e. The minimum atomic E-state index is 0.0213. The summed E-state index contributed by atoms with van der Waals surface area (Å²) in [6.45, 7) is 4.71. The molecule has 0 aliphatic carbocycles. The van der Waals surface area contributed by atoms with Crippen LogP contribution in [0.25, 0.3) is 0 Å². The lowest BCUT2D eigenvalue weighted by atomic mass is 9.99. The van der Waals surface area contributed by atoms with Crippen molar-refractivity contribution in [3.05, 3.63) is 29.1 Å². The first-order valence-electron chi connectivity index (χ1n) is 8.18. The van der Waals surface area contributed by atoms with Crippen LogP contribution in [0.15, 0.2) is 6.20 Å². The fourth-order valence-corrected chi connectivity index (χ4v) is 3.43. The predicted octanol–water partition coefficient (Wildman–Crippen LogP) is 0.780. The molecule has 1 unspecified atom stereocenters. The van der Waals surface area contributed by atoms with Crippen LogP contribution in [0.1, 0.15) is 53.0 Å². The van der Waals surface area contributed by atoms with Crippen molar-refractivity contribution < 1.29 is 4.79 Å². The zero-order valence-corrected chi connectivity index (χ0v) is 13.2. The SMILES string of the molecule is Cc1nc2n(n1)CCN(C(=O)c1cn[nH]c1C1CCCCN1)C2. The van der Waals surface area contributed by atoms with Gasteiger partial charge in [0.2, 0.25) is 0 Å². The molecular formula is C15H21N7O. The summed E-state index contributed by atoms with van der Waals surface area (Å²) in [7, 11) is 0. The number of hydrogen-bond acceptors (Lipinski definition) is 5. The number of H-pyrrole nitrogens is 1. The lowest BCUT2D eigenvalue weighted by Gasteiger charge is -2.28. The number of piperidine rings is 1. The molecule has 8 nitrogen and oxygen atoms in total. The third-order valence-electron chi connectivity index (χ3n) is 4.61. The summed E-state index contributed by atoms with van der Waals surface area (Å²) in [4.78, 5) is 19.2. The van der Waals surface area contributed by atoms with Crippen LogP contribution in [-0.4, -0.2) is 48.9 Å². The molecule has 23 heavy (non-hydrogen) atoms. The number of aryl methyl sites for hydroxylation is 1. The van der Waals surface area contributed by atoms with Gasteiger partial charge in [-0.1, -0.05) is 6.42 Å². The zero-order valence-electron chi connectivity index (χ0n) is 13.2. The van der Waals surface area contributed by atoms with Gasteiger partial charge in [0.15, 0.2) is 0 Å². The first kappa shape index (κ1) is 14.4. The lowest BCUT2D eigenvalue weighted by molar-refractivity contribution is 0.0700. The van der Waals surface area contributed by atoms with Gasteiger partial charge in [-0.15, -0.1) is 0 Å². The zero-order chi connectivity index (χ0) is 15.8. The second-order valence-corrected chi connectivity index (χ2v) is 6.22. The van der Waals surface area contributed by atoms with Crippen LogP contribution in [-0.2, 0) is 13.1 Å². The van der Waals surface area contributed by atoms with E-state index in [0.717, 1.165) is 30.3 Å². The Balaban J connectivity index is 1.55. The maximum absolute atomic E-state index is 12.9. The first-order valence-corrected chi connectivity index (χ1v) is 8.18. The van der Waals surface area contributed by atoms with E-state index in [1.165, 1.54) is 12.8 Å². The number of nitrogens with zero attached hydrogens (tertiary/aromatic N) is 5. The van der Waals surface area contributed by atoms with Gasteiger partial charge in [0.1, 0.15) is 11.6 Å². The Morgan fingerprint density at radius 3 is 3.09 bits per heavy atom. The van der Waals surface area contributed by atoms with Crippen LogP contribution in [0, 0.1) is 6.92 Å². The third kappa shape index (κ3) is 2.63. The number of rotatable bonds is 2. The average molecular weight is 315 g/mol. The fraction of sp³-hybridized carbons (Fsp3) is 0.600. The van der Waals surface area contributed by atoms with Crippen molar-refractivity contribution in [1.29, 1.82) is 0 Å². The van der Waals surface area contributed by atoms with Gasteiger partial charge in [0.05, 0.1) is 30.5 Å². The van der Waals surface area contributed by atoms with Gasteiger partial charge in [-0.25, -0.2) is 9.67 Å². The number of carbonyl (C=O) groups is 1. The van der Waals surface area contributed by atoms with E-state index in [2.05, 4.69) is 25.6 Å². The van der Waals surface area contributed by atoms with Crippen LogP contribution in [0.5, 0.6) is 0 Å². The molecule has 8 heteroatoms. The van der Waals surface area contributed by atoms with Crippen LogP contribution in [0.3, 0.4) is 0 Å². The molecule has 1 amide bonds. The van der Waals surface area contributed by atoms with Gasteiger partial charge in [-0.2, -0.15) is 10.2 Å². The summed E-state index contributed by atoms with van der Waals surface area (Å²) in [5.74, 6) is 1.63. The number of carbonyl (C=O) groups excluding carboxylic acids is 1. The molecule has 0 spiro atoms. The van der Waals surface area contributed by atoms with E-state index >= 15 is 0 Å². The van der Waals surface area contributed by atoms with Gasteiger partial charge in [-0.05, 0) is 26.3 Å². The number of nitrogens with one attached hydrogen (secondary N) is 2. The maximum atomic E-state index is 12.9. The van der Waals surface area contributed by atoms with Gasteiger partial charge in [0.25, 0.3) is 5.91 Å². The molecule has 122 valence electrons. The lowest BCUT2D eigenvalue weighted by Crippen LogP contribution is -2.39. The fourth-order valence-electron chi connectivity index (χ4n) is 3.43. The van der Waals surface area contributed by atoms with Gasteiger partial charge < -0.3 is 10.2 Å². The average Bonchev–Trinajstić information content (AvgIpc) is 3.19. The molecule has 0 bridgehead atoms. The highest BCUT2D eigenvalue weighted by Gasteiger charge is 2.29. The third-order valence-corrected chi connectivity index (χ3v) is 4.61. The van der Waals surface area contributed by atoms with Crippen LogP contribution in [0.4, 0.5) is 0 Å². The van der Waals surface area contributed by atoms with Gasteiger partial charge in [0, 0.05) is 12.6 Å². The number of amides is 1. The molecular weight excluding hydrogens is 294 g/mol. The number of aromatic nitrogens is 5. The summed E-state index contributed by atoms with van der Waals surface area (Å²) in [5.41, 5.74) is 1.59. The van der Waals surface area contributed by atoms with E-state index in [9.17, 15) is 4.79 Å². The van der Waals surface area contributed by atoms with E-state index in [4.69, 9.17) is 0 Å². The second kappa shape index (κ2) is 5.77.